The summed E-state index contributed by atoms with van der Waals surface area (Å²) in [5.74, 6) is 1.38. The first-order valence-electron chi connectivity index (χ1n) is 10.4. The number of nitrogens with zero attached hydrogens (tertiary/aromatic N) is 2. The molecule has 0 bridgehead atoms. The molecular formula is C22H30N4O3. The maximum atomic E-state index is 12.3. The van der Waals surface area contributed by atoms with Gasteiger partial charge in [0.05, 0.1) is 25.5 Å². The lowest BCUT2D eigenvalue weighted by Gasteiger charge is -2.52. The van der Waals surface area contributed by atoms with Gasteiger partial charge in [-0.2, -0.15) is 0 Å². The molecule has 1 aromatic heterocycles. The number of hydrogen-bond acceptors (Lipinski definition) is 5. The average molecular weight is 399 g/mol. The number of nitrogens with one attached hydrogen (secondary N) is 2. The molecule has 156 valence electrons. The molecule has 2 aromatic rings. The Morgan fingerprint density at radius 3 is 2.72 bits per heavy atom. The lowest BCUT2D eigenvalue weighted by molar-refractivity contribution is 0.0210. The summed E-state index contributed by atoms with van der Waals surface area (Å²) in [6, 6.07) is 11.6. The van der Waals surface area contributed by atoms with Crippen LogP contribution < -0.4 is 10.6 Å². The number of morpholine rings is 1. The highest BCUT2D eigenvalue weighted by molar-refractivity contribution is 5.89. The van der Waals surface area contributed by atoms with Crippen molar-refractivity contribution >= 4 is 11.7 Å². The first kappa shape index (κ1) is 19.9. The van der Waals surface area contributed by atoms with E-state index >= 15 is 0 Å². The second kappa shape index (κ2) is 8.55. The van der Waals surface area contributed by atoms with E-state index in [1.54, 1.807) is 0 Å². The van der Waals surface area contributed by atoms with Crippen LogP contribution in [0.25, 0.3) is 0 Å². The molecule has 4 rings (SSSR count). The van der Waals surface area contributed by atoms with Crippen LogP contribution in [0.4, 0.5) is 10.5 Å². The minimum absolute atomic E-state index is 0.0113. The summed E-state index contributed by atoms with van der Waals surface area (Å²) in [7, 11) is 0. The van der Waals surface area contributed by atoms with Crippen molar-refractivity contribution in [1.82, 2.24) is 15.4 Å². The van der Waals surface area contributed by atoms with Gasteiger partial charge < -0.3 is 19.9 Å². The minimum Gasteiger partial charge on any atom is -0.379 e. The van der Waals surface area contributed by atoms with E-state index in [0.717, 1.165) is 62.8 Å². The molecule has 0 spiro atoms. The Morgan fingerprint density at radius 2 is 2.00 bits per heavy atom. The first-order chi connectivity index (χ1) is 14.0. The van der Waals surface area contributed by atoms with Crippen LogP contribution in [0.3, 0.4) is 0 Å². The Kier molecular flexibility index (Phi) is 5.87. The van der Waals surface area contributed by atoms with E-state index in [4.69, 9.17) is 9.26 Å². The lowest BCUT2D eigenvalue weighted by Crippen LogP contribution is -2.59. The van der Waals surface area contributed by atoms with Crippen LogP contribution in [0.15, 0.2) is 40.9 Å². The number of rotatable bonds is 6. The second-order valence-corrected chi connectivity index (χ2v) is 8.65. The van der Waals surface area contributed by atoms with Gasteiger partial charge in [-0.15, -0.1) is 0 Å². The van der Waals surface area contributed by atoms with Gasteiger partial charge in [0.15, 0.2) is 5.76 Å². The quantitative estimate of drug-likeness (QED) is 0.781. The van der Waals surface area contributed by atoms with Crippen LogP contribution in [0, 0.1) is 11.3 Å². The molecule has 2 heterocycles. The second-order valence-electron chi connectivity index (χ2n) is 8.65. The molecule has 2 fully saturated rings. The van der Waals surface area contributed by atoms with Crippen LogP contribution in [0.1, 0.15) is 31.7 Å². The van der Waals surface area contributed by atoms with Gasteiger partial charge in [-0.05, 0) is 36.3 Å². The number of urea groups is 1. The van der Waals surface area contributed by atoms with Crippen molar-refractivity contribution < 1.29 is 14.1 Å². The van der Waals surface area contributed by atoms with Crippen molar-refractivity contribution in [1.29, 1.82) is 0 Å². The maximum Gasteiger partial charge on any atom is 0.319 e. The average Bonchev–Trinajstić information content (AvgIpc) is 3.16. The highest BCUT2D eigenvalue weighted by Crippen LogP contribution is 2.47. The van der Waals surface area contributed by atoms with Crippen LogP contribution in [0.5, 0.6) is 0 Å². The van der Waals surface area contributed by atoms with Gasteiger partial charge in [0.2, 0.25) is 0 Å². The zero-order valence-electron chi connectivity index (χ0n) is 17.2. The third kappa shape index (κ3) is 4.79. The van der Waals surface area contributed by atoms with Crippen molar-refractivity contribution in [3.05, 3.63) is 47.9 Å². The summed E-state index contributed by atoms with van der Waals surface area (Å²) >= 11 is 0. The summed E-state index contributed by atoms with van der Waals surface area (Å²) in [6.07, 6.45) is 1.82. The molecule has 1 aliphatic heterocycles. The normalized spacial score (nSPS) is 23.9. The molecule has 1 aromatic carbocycles. The van der Waals surface area contributed by atoms with E-state index in [9.17, 15) is 4.79 Å². The Morgan fingerprint density at radius 1 is 1.24 bits per heavy atom. The van der Waals surface area contributed by atoms with Gasteiger partial charge in [0.1, 0.15) is 0 Å². The highest BCUT2D eigenvalue weighted by atomic mass is 16.5. The monoisotopic (exact) mass is 398 g/mol. The third-order valence-electron chi connectivity index (χ3n) is 6.35. The predicted octanol–water partition coefficient (Wildman–Crippen LogP) is 3.29. The van der Waals surface area contributed by atoms with Crippen LogP contribution in [-0.4, -0.2) is 48.4 Å². The number of amides is 2. The smallest absolute Gasteiger partial charge is 0.319 e. The number of benzene rings is 1. The number of anilines is 1. The number of carbonyl (C=O) groups excluding carboxylic acids is 1. The zero-order valence-corrected chi connectivity index (χ0v) is 17.2. The fourth-order valence-corrected chi connectivity index (χ4v) is 4.21. The Labute approximate surface area is 171 Å². The van der Waals surface area contributed by atoms with E-state index in [1.807, 2.05) is 30.3 Å². The van der Waals surface area contributed by atoms with E-state index in [-0.39, 0.29) is 17.5 Å². The third-order valence-corrected chi connectivity index (χ3v) is 6.35. The Balaban J connectivity index is 1.26. The van der Waals surface area contributed by atoms with Crippen LogP contribution in [-0.2, 0) is 17.7 Å². The largest absolute Gasteiger partial charge is 0.379 e. The lowest BCUT2D eigenvalue weighted by atomic mass is 9.57. The number of aromatic nitrogens is 1. The molecule has 1 saturated heterocycles. The highest BCUT2D eigenvalue weighted by Gasteiger charge is 2.48. The fraction of sp³-hybridized carbons (Fsp3) is 0.545. The molecule has 2 N–H and O–H groups in total. The molecular weight excluding hydrogens is 368 g/mol. The van der Waals surface area contributed by atoms with Gasteiger partial charge in [-0.1, -0.05) is 37.2 Å². The van der Waals surface area contributed by atoms with E-state index < -0.39 is 0 Å². The van der Waals surface area contributed by atoms with Crippen molar-refractivity contribution in [2.24, 2.45) is 11.3 Å². The minimum atomic E-state index is -0.151. The number of para-hydroxylation sites is 1. The van der Waals surface area contributed by atoms with Crippen LogP contribution >= 0.6 is 0 Å². The number of ether oxygens (including phenoxy) is 1. The standard InChI is InChI=1S/C22H30N4O3/c1-22(2)16(13-20(22)24-21(27)23-17-6-4-3-5-7-17)12-18-14-19(29-25-18)15-26-8-10-28-11-9-26/h3-7,14,16,20H,8-13,15H2,1-2H3,(H2,23,24,27)/t16-,20+/m1/s1. The SMILES string of the molecule is CC1(C)[C@H](Cc2cc(CN3CCOCC3)on2)C[C@@H]1NC(=O)Nc1ccccc1. The summed E-state index contributed by atoms with van der Waals surface area (Å²) < 4.78 is 10.9. The first-order valence-corrected chi connectivity index (χ1v) is 10.4. The van der Waals surface area contributed by atoms with E-state index in [0.29, 0.717) is 5.92 Å². The summed E-state index contributed by atoms with van der Waals surface area (Å²) in [5, 5.41) is 10.3. The van der Waals surface area contributed by atoms with Gasteiger partial charge in [-0.25, -0.2) is 4.79 Å². The zero-order chi connectivity index (χ0) is 20.3. The number of hydrogen-bond donors (Lipinski definition) is 2. The van der Waals surface area contributed by atoms with Gasteiger partial charge >= 0.3 is 6.03 Å². The van der Waals surface area contributed by atoms with E-state index in [1.165, 1.54) is 0 Å². The molecule has 2 atom stereocenters. The van der Waals surface area contributed by atoms with Crippen molar-refractivity contribution in [3.63, 3.8) is 0 Å². The molecule has 7 nitrogen and oxygen atoms in total. The Bertz CT molecular complexity index is 814. The van der Waals surface area contributed by atoms with Crippen molar-refractivity contribution in [2.75, 3.05) is 31.6 Å². The topological polar surface area (TPSA) is 79.6 Å². The molecule has 1 aliphatic carbocycles. The summed E-state index contributed by atoms with van der Waals surface area (Å²) in [6.45, 7) is 8.64. The number of carbonyl (C=O) groups is 1. The van der Waals surface area contributed by atoms with Gasteiger partial charge in [0, 0.05) is 30.9 Å². The molecule has 29 heavy (non-hydrogen) atoms. The Hall–Kier alpha value is -2.38. The van der Waals surface area contributed by atoms with E-state index in [2.05, 4.69) is 40.6 Å². The van der Waals surface area contributed by atoms with Crippen LogP contribution in [0.2, 0.25) is 0 Å². The van der Waals surface area contributed by atoms with Crippen molar-refractivity contribution in [2.45, 2.75) is 39.3 Å². The molecule has 1 saturated carbocycles. The summed E-state index contributed by atoms with van der Waals surface area (Å²) in [5.41, 5.74) is 1.81. The maximum absolute atomic E-state index is 12.3. The van der Waals surface area contributed by atoms with Gasteiger partial charge in [0.25, 0.3) is 0 Å². The van der Waals surface area contributed by atoms with Gasteiger partial charge in [-0.3, -0.25) is 4.90 Å². The molecule has 0 radical (unpaired) electrons. The molecule has 2 aliphatic rings. The molecule has 2 amide bonds. The fourth-order valence-electron chi connectivity index (χ4n) is 4.21. The molecule has 0 unspecified atom stereocenters. The molecule has 7 heteroatoms. The summed E-state index contributed by atoms with van der Waals surface area (Å²) in [4.78, 5) is 14.6. The van der Waals surface area contributed by atoms with Crippen molar-refractivity contribution in [3.8, 4) is 0 Å². The predicted molar refractivity (Wildman–Crippen MR) is 111 cm³/mol.